The molecule has 6 nitrogen and oxygen atoms in total. The first-order chi connectivity index (χ1) is 9.44. The highest BCUT2D eigenvalue weighted by atomic mass is 32.2. The lowest BCUT2D eigenvalue weighted by atomic mass is 10.00. The van der Waals surface area contributed by atoms with Crippen LogP contribution in [0.2, 0.25) is 0 Å². The van der Waals surface area contributed by atoms with E-state index < -0.39 is 5.54 Å². The van der Waals surface area contributed by atoms with Gasteiger partial charge >= 0.3 is 5.97 Å². The molecule has 0 bridgehead atoms. The maximum absolute atomic E-state index is 11.9. The van der Waals surface area contributed by atoms with Gasteiger partial charge in [0.15, 0.2) is 4.34 Å². The Hall–Kier alpha value is -0.860. The van der Waals surface area contributed by atoms with E-state index in [1.54, 1.807) is 30.0 Å². The molecule has 0 amide bonds. The number of anilines is 1. The van der Waals surface area contributed by atoms with Gasteiger partial charge in [0.05, 0.1) is 6.61 Å². The minimum absolute atomic E-state index is 0.283. The first-order valence-corrected chi connectivity index (χ1v) is 8.28. The van der Waals surface area contributed by atoms with Crippen LogP contribution in [0.5, 0.6) is 0 Å². The summed E-state index contributed by atoms with van der Waals surface area (Å²) in [6, 6.07) is 0. The second kappa shape index (κ2) is 6.28. The highest BCUT2D eigenvalue weighted by molar-refractivity contribution is 8.01. The van der Waals surface area contributed by atoms with E-state index in [1.807, 2.05) is 19.0 Å². The standard InChI is InChI=1S/C12H20N4O2S2/c1-4-18-9(17)12(13)6-5-8(7-12)19-11-15-14-10(20-11)16(2)3/h8H,4-7,13H2,1-3H3. The van der Waals surface area contributed by atoms with Crippen LogP contribution in [0.25, 0.3) is 0 Å². The van der Waals surface area contributed by atoms with Crippen molar-refractivity contribution in [2.24, 2.45) is 5.73 Å². The van der Waals surface area contributed by atoms with E-state index in [-0.39, 0.29) is 5.97 Å². The van der Waals surface area contributed by atoms with Crippen LogP contribution in [-0.4, -0.2) is 47.7 Å². The SMILES string of the molecule is CCOC(=O)C1(N)CCC(Sc2nnc(N(C)C)s2)C1. The molecule has 1 heterocycles. The molecule has 1 aromatic heterocycles. The lowest BCUT2D eigenvalue weighted by molar-refractivity contribution is -0.149. The van der Waals surface area contributed by atoms with Gasteiger partial charge in [-0.3, -0.25) is 4.79 Å². The fraction of sp³-hybridized carbons (Fsp3) is 0.750. The molecule has 20 heavy (non-hydrogen) atoms. The summed E-state index contributed by atoms with van der Waals surface area (Å²) in [5.41, 5.74) is 5.33. The zero-order valence-corrected chi connectivity index (χ0v) is 13.6. The van der Waals surface area contributed by atoms with Gasteiger partial charge in [0.1, 0.15) is 5.54 Å². The van der Waals surface area contributed by atoms with Crippen LogP contribution in [0.1, 0.15) is 26.2 Å². The molecular weight excluding hydrogens is 296 g/mol. The third-order valence-corrected chi connectivity index (χ3v) is 5.68. The fourth-order valence-corrected chi connectivity index (χ4v) is 4.48. The predicted molar refractivity (Wildman–Crippen MR) is 81.3 cm³/mol. The van der Waals surface area contributed by atoms with Crippen molar-refractivity contribution in [3.05, 3.63) is 0 Å². The zero-order valence-electron chi connectivity index (χ0n) is 12.0. The van der Waals surface area contributed by atoms with Gasteiger partial charge in [-0.05, 0) is 26.2 Å². The molecular formula is C12H20N4O2S2. The lowest BCUT2D eigenvalue weighted by Crippen LogP contribution is -2.47. The predicted octanol–water partition coefficient (Wildman–Crippen LogP) is 1.51. The summed E-state index contributed by atoms with van der Waals surface area (Å²) >= 11 is 3.21. The number of ether oxygens (including phenoxy) is 1. The normalized spacial score (nSPS) is 25.7. The minimum atomic E-state index is -0.831. The van der Waals surface area contributed by atoms with Gasteiger partial charge in [0.25, 0.3) is 0 Å². The monoisotopic (exact) mass is 316 g/mol. The van der Waals surface area contributed by atoms with E-state index >= 15 is 0 Å². The molecule has 0 saturated heterocycles. The quantitative estimate of drug-likeness (QED) is 0.825. The van der Waals surface area contributed by atoms with Crippen molar-refractivity contribution in [3.8, 4) is 0 Å². The molecule has 0 radical (unpaired) electrons. The van der Waals surface area contributed by atoms with E-state index in [0.29, 0.717) is 24.7 Å². The van der Waals surface area contributed by atoms with Gasteiger partial charge in [-0.2, -0.15) is 0 Å². The molecule has 2 unspecified atom stereocenters. The number of nitrogens with zero attached hydrogens (tertiary/aromatic N) is 3. The molecule has 2 N–H and O–H groups in total. The van der Waals surface area contributed by atoms with Crippen molar-refractivity contribution in [1.29, 1.82) is 0 Å². The van der Waals surface area contributed by atoms with Crippen molar-refractivity contribution in [1.82, 2.24) is 10.2 Å². The number of hydrogen-bond donors (Lipinski definition) is 1. The molecule has 1 aliphatic carbocycles. The molecule has 0 aliphatic heterocycles. The number of carbonyl (C=O) groups excluding carboxylic acids is 1. The minimum Gasteiger partial charge on any atom is -0.465 e. The second-order valence-corrected chi connectivity index (χ2v) is 7.61. The molecule has 0 spiro atoms. The molecule has 1 aromatic rings. The van der Waals surface area contributed by atoms with Crippen LogP contribution in [-0.2, 0) is 9.53 Å². The molecule has 1 fully saturated rings. The molecule has 2 atom stereocenters. The van der Waals surface area contributed by atoms with E-state index in [0.717, 1.165) is 15.9 Å². The highest BCUT2D eigenvalue weighted by Crippen LogP contribution is 2.41. The number of thioether (sulfide) groups is 1. The van der Waals surface area contributed by atoms with Gasteiger partial charge < -0.3 is 15.4 Å². The number of esters is 1. The number of rotatable bonds is 5. The van der Waals surface area contributed by atoms with E-state index in [9.17, 15) is 4.79 Å². The van der Waals surface area contributed by atoms with E-state index in [2.05, 4.69) is 10.2 Å². The summed E-state index contributed by atoms with van der Waals surface area (Å²) in [5, 5.41) is 9.45. The highest BCUT2D eigenvalue weighted by Gasteiger charge is 2.43. The third-order valence-electron chi connectivity index (χ3n) is 3.23. The Balaban J connectivity index is 1.94. The molecule has 0 aromatic carbocycles. The fourth-order valence-electron chi connectivity index (χ4n) is 2.16. The molecule has 1 saturated carbocycles. The summed E-state index contributed by atoms with van der Waals surface area (Å²) in [6.45, 7) is 2.17. The van der Waals surface area contributed by atoms with Crippen molar-refractivity contribution in [3.63, 3.8) is 0 Å². The van der Waals surface area contributed by atoms with E-state index in [1.165, 1.54) is 0 Å². The first-order valence-electron chi connectivity index (χ1n) is 6.58. The van der Waals surface area contributed by atoms with Crippen molar-refractivity contribution < 1.29 is 9.53 Å². The molecule has 2 rings (SSSR count). The summed E-state index contributed by atoms with van der Waals surface area (Å²) < 4.78 is 5.98. The van der Waals surface area contributed by atoms with Crippen molar-refractivity contribution >= 4 is 34.2 Å². The Labute approximate surface area is 127 Å². The number of hydrogen-bond acceptors (Lipinski definition) is 8. The smallest absolute Gasteiger partial charge is 0.326 e. The topological polar surface area (TPSA) is 81.3 Å². The largest absolute Gasteiger partial charge is 0.465 e. The zero-order chi connectivity index (χ0) is 14.8. The molecule has 112 valence electrons. The second-order valence-electron chi connectivity index (χ2n) is 5.10. The Morgan fingerprint density at radius 2 is 2.35 bits per heavy atom. The van der Waals surface area contributed by atoms with Gasteiger partial charge in [-0.1, -0.05) is 23.1 Å². The van der Waals surface area contributed by atoms with Gasteiger partial charge in [-0.15, -0.1) is 10.2 Å². The Bertz CT molecular complexity index is 480. The van der Waals surface area contributed by atoms with Gasteiger partial charge in [0, 0.05) is 19.3 Å². The number of aromatic nitrogens is 2. The summed E-state index contributed by atoms with van der Waals surface area (Å²) in [5.74, 6) is -0.283. The molecule has 8 heteroatoms. The van der Waals surface area contributed by atoms with Gasteiger partial charge in [-0.25, -0.2) is 0 Å². The maximum atomic E-state index is 11.9. The first kappa shape index (κ1) is 15.5. The maximum Gasteiger partial charge on any atom is 0.326 e. The lowest BCUT2D eigenvalue weighted by Gasteiger charge is -2.21. The average Bonchev–Trinajstić information content (AvgIpc) is 2.98. The van der Waals surface area contributed by atoms with Crippen LogP contribution < -0.4 is 10.6 Å². The molecule has 1 aliphatic rings. The summed E-state index contributed by atoms with van der Waals surface area (Å²) in [4.78, 5) is 13.8. The van der Waals surface area contributed by atoms with Crippen molar-refractivity contribution in [2.75, 3.05) is 25.6 Å². The Morgan fingerprint density at radius 3 is 2.95 bits per heavy atom. The van der Waals surface area contributed by atoms with Crippen molar-refractivity contribution in [2.45, 2.75) is 41.3 Å². The van der Waals surface area contributed by atoms with Crippen LogP contribution in [0.4, 0.5) is 5.13 Å². The number of carbonyl (C=O) groups is 1. The van der Waals surface area contributed by atoms with Crippen LogP contribution >= 0.6 is 23.1 Å². The Kier molecular flexibility index (Phi) is 4.87. The van der Waals surface area contributed by atoms with E-state index in [4.69, 9.17) is 10.5 Å². The van der Waals surface area contributed by atoms with Crippen LogP contribution in [0.15, 0.2) is 4.34 Å². The number of nitrogens with two attached hydrogens (primary N) is 1. The third kappa shape index (κ3) is 3.42. The average molecular weight is 316 g/mol. The van der Waals surface area contributed by atoms with Gasteiger partial charge in [0.2, 0.25) is 5.13 Å². The van der Waals surface area contributed by atoms with Crippen LogP contribution in [0, 0.1) is 0 Å². The summed E-state index contributed by atoms with van der Waals surface area (Å²) in [7, 11) is 3.88. The Morgan fingerprint density at radius 1 is 1.60 bits per heavy atom. The summed E-state index contributed by atoms with van der Waals surface area (Å²) in [6.07, 6.45) is 2.20. The van der Waals surface area contributed by atoms with Crippen LogP contribution in [0.3, 0.4) is 0 Å².